The van der Waals surface area contributed by atoms with Gasteiger partial charge in [0.15, 0.2) is 5.83 Å². The summed E-state index contributed by atoms with van der Waals surface area (Å²) >= 11 is 1.51. The van der Waals surface area contributed by atoms with Gasteiger partial charge < -0.3 is 0 Å². The molecule has 0 bridgehead atoms. The summed E-state index contributed by atoms with van der Waals surface area (Å²) in [6, 6.07) is 8.48. The van der Waals surface area contributed by atoms with Gasteiger partial charge in [0.2, 0.25) is 0 Å². The molecular weight excluding hydrogens is 304 g/mol. The molecule has 0 N–H and O–H groups in total. The van der Waals surface area contributed by atoms with E-state index < -0.39 is 12.3 Å². The Morgan fingerprint density at radius 2 is 1.50 bits per heavy atom. The summed E-state index contributed by atoms with van der Waals surface area (Å²) in [4.78, 5) is 0. The van der Waals surface area contributed by atoms with Crippen molar-refractivity contribution in [3.05, 3.63) is 33.7 Å². The predicted molar refractivity (Wildman–Crippen MR) is 59.3 cm³/mol. The van der Waals surface area contributed by atoms with Crippen LogP contribution in [-0.2, 0) is 0 Å². The minimum Gasteiger partial charge on any atom is -0.205 e. The molecule has 0 unspecified atom stereocenters. The second kappa shape index (κ2) is 4.82. The topological polar surface area (TPSA) is 0 Å². The van der Waals surface area contributed by atoms with Gasteiger partial charge in [-0.15, -0.1) is 0 Å². The maximum absolute atomic E-state index is 11.8. The van der Waals surface area contributed by atoms with Crippen LogP contribution >= 0.6 is 22.6 Å². The van der Waals surface area contributed by atoms with Gasteiger partial charge in [-0.25, -0.2) is 13.2 Å². The summed E-state index contributed by atoms with van der Waals surface area (Å²) in [5, 5.41) is 0. The average molecular weight is 312 g/mol. The van der Waals surface area contributed by atoms with Crippen molar-refractivity contribution < 1.29 is 13.2 Å². The Kier molecular flexibility index (Phi) is 3.97. The van der Waals surface area contributed by atoms with Gasteiger partial charge in [-0.2, -0.15) is 0 Å². The fourth-order valence-corrected chi connectivity index (χ4v) is 1.05. The largest absolute Gasteiger partial charge is 0.290 e. The molecule has 2 aliphatic carbocycles. The summed E-state index contributed by atoms with van der Waals surface area (Å²) in [5.74, 6) is -1.33. The molecule has 0 nitrogen and oxygen atoms in total. The molecule has 2 aliphatic rings. The minimum atomic E-state index is -2.95. The molecule has 0 aromatic rings. The molecule has 14 heavy (non-hydrogen) atoms. The molecule has 0 amide bonds. The number of benzene rings is 1. The van der Waals surface area contributed by atoms with Crippen molar-refractivity contribution in [3.8, 4) is 11.1 Å². The summed E-state index contributed by atoms with van der Waals surface area (Å²) in [5.41, 5.74) is 2.85. The molecule has 0 saturated carbocycles. The Balaban J connectivity index is 0.000000143. The van der Waals surface area contributed by atoms with Crippen LogP contribution in [0.5, 0.6) is 0 Å². The van der Waals surface area contributed by atoms with Gasteiger partial charge in [0.25, 0.3) is 6.43 Å². The highest BCUT2D eigenvalue weighted by atomic mass is 127. The fourth-order valence-electron chi connectivity index (χ4n) is 0.813. The van der Waals surface area contributed by atoms with E-state index in [0.717, 1.165) is 0 Å². The molecule has 0 heterocycles. The maximum atomic E-state index is 11.8. The van der Waals surface area contributed by atoms with E-state index in [9.17, 15) is 13.2 Å². The number of hydrogen-bond donors (Lipinski definition) is 0. The third-order valence-corrected chi connectivity index (χ3v) is 2.25. The molecule has 0 aromatic carbocycles. The standard InChI is InChI=1S/C6H4.C4H4F3I/c1-2-6-4-3-5(1)6;1-2(8)3(5)4(6)7/h1-4H;4H,1H3. The number of alkyl halides is 2. The normalized spacial score (nSPS) is 13.0. The molecule has 76 valence electrons. The van der Waals surface area contributed by atoms with Gasteiger partial charge in [-0.3, -0.25) is 0 Å². The van der Waals surface area contributed by atoms with E-state index in [1.165, 1.54) is 40.6 Å². The zero-order chi connectivity index (χ0) is 10.7. The van der Waals surface area contributed by atoms with Crippen molar-refractivity contribution in [2.45, 2.75) is 13.3 Å². The highest BCUT2D eigenvalue weighted by molar-refractivity contribution is 14.1. The first-order valence-electron chi connectivity index (χ1n) is 3.92. The SMILES string of the molecule is CC(I)=C(F)C(F)F.c1cc2ccc1-2. The van der Waals surface area contributed by atoms with Crippen LogP contribution in [-0.4, -0.2) is 6.43 Å². The number of halogens is 4. The van der Waals surface area contributed by atoms with Gasteiger partial charge in [-0.1, -0.05) is 24.3 Å². The van der Waals surface area contributed by atoms with E-state index in [0.29, 0.717) is 0 Å². The fraction of sp³-hybridized carbons (Fsp3) is 0.200. The average Bonchev–Trinajstić information content (AvgIpc) is 2.10. The maximum Gasteiger partial charge on any atom is 0.290 e. The zero-order valence-electron chi connectivity index (χ0n) is 7.40. The summed E-state index contributed by atoms with van der Waals surface area (Å²) in [6.45, 7) is 1.29. The van der Waals surface area contributed by atoms with E-state index in [1.807, 2.05) is 0 Å². The molecule has 2 rings (SSSR count). The lowest BCUT2D eigenvalue weighted by molar-refractivity contribution is 0.158. The van der Waals surface area contributed by atoms with Crippen LogP contribution < -0.4 is 0 Å². The van der Waals surface area contributed by atoms with E-state index >= 15 is 0 Å². The molecular formula is C10H8F3I. The first kappa shape index (κ1) is 11.6. The quantitative estimate of drug-likeness (QED) is 0.678. The summed E-state index contributed by atoms with van der Waals surface area (Å²) in [6.07, 6.45) is -2.95. The van der Waals surface area contributed by atoms with Crippen molar-refractivity contribution >= 4 is 22.6 Å². The highest BCUT2D eigenvalue weighted by Gasteiger charge is 2.11. The first-order chi connectivity index (χ1) is 6.52. The molecule has 0 spiro atoms. The molecule has 0 aliphatic heterocycles. The van der Waals surface area contributed by atoms with Crippen LogP contribution in [0.1, 0.15) is 6.92 Å². The predicted octanol–water partition coefficient (Wildman–Crippen LogP) is 4.55. The molecule has 0 atom stereocenters. The highest BCUT2D eigenvalue weighted by Crippen LogP contribution is 2.29. The Hall–Kier alpha value is -0.520. The summed E-state index contributed by atoms with van der Waals surface area (Å²) < 4.78 is 34.3. The third-order valence-electron chi connectivity index (χ3n) is 1.74. The van der Waals surface area contributed by atoms with E-state index in [1.54, 1.807) is 0 Å². The molecule has 0 fully saturated rings. The van der Waals surface area contributed by atoms with E-state index in [4.69, 9.17) is 0 Å². The first-order valence-corrected chi connectivity index (χ1v) is 5.00. The van der Waals surface area contributed by atoms with Gasteiger partial charge in [0, 0.05) is 3.58 Å². The molecule has 4 heteroatoms. The number of rotatable bonds is 1. The second-order valence-electron chi connectivity index (χ2n) is 2.76. The van der Waals surface area contributed by atoms with Gasteiger partial charge in [0.05, 0.1) is 0 Å². The van der Waals surface area contributed by atoms with Crippen molar-refractivity contribution in [2.75, 3.05) is 0 Å². The summed E-state index contributed by atoms with van der Waals surface area (Å²) in [7, 11) is 0. The van der Waals surface area contributed by atoms with Crippen molar-refractivity contribution in [2.24, 2.45) is 0 Å². The smallest absolute Gasteiger partial charge is 0.205 e. The van der Waals surface area contributed by atoms with Crippen LogP contribution in [0.25, 0.3) is 11.1 Å². The lowest BCUT2D eigenvalue weighted by atomic mass is 9.95. The minimum absolute atomic E-state index is 0.0117. The van der Waals surface area contributed by atoms with E-state index in [2.05, 4.69) is 24.3 Å². The Morgan fingerprint density at radius 1 is 1.14 bits per heavy atom. The number of allylic oxidation sites excluding steroid dienone is 2. The Labute approximate surface area is 94.0 Å². The van der Waals surface area contributed by atoms with Crippen molar-refractivity contribution in [3.63, 3.8) is 0 Å². The lowest BCUT2D eigenvalue weighted by Gasteiger charge is -2.10. The second-order valence-corrected chi connectivity index (χ2v) is 4.38. The monoisotopic (exact) mass is 312 g/mol. The van der Waals surface area contributed by atoms with Crippen LogP contribution in [0.15, 0.2) is 33.7 Å². The van der Waals surface area contributed by atoms with Crippen LogP contribution in [0.3, 0.4) is 0 Å². The lowest BCUT2D eigenvalue weighted by Crippen LogP contribution is -1.90. The van der Waals surface area contributed by atoms with Crippen LogP contribution in [0, 0.1) is 0 Å². The van der Waals surface area contributed by atoms with Gasteiger partial charge in [-0.05, 0) is 40.6 Å². The molecule has 0 saturated heterocycles. The zero-order valence-corrected chi connectivity index (χ0v) is 9.56. The van der Waals surface area contributed by atoms with Crippen molar-refractivity contribution in [1.82, 2.24) is 0 Å². The molecule has 0 aromatic heterocycles. The third kappa shape index (κ3) is 2.73. The Bertz CT molecular complexity index is 316. The number of hydrogen-bond acceptors (Lipinski definition) is 0. The van der Waals surface area contributed by atoms with Crippen LogP contribution in [0.4, 0.5) is 13.2 Å². The van der Waals surface area contributed by atoms with Crippen molar-refractivity contribution in [1.29, 1.82) is 0 Å². The van der Waals surface area contributed by atoms with Gasteiger partial charge in [0.1, 0.15) is 0 Å². The van der Waals surface area contributed by atoms with Crippen LogP contribution in [0.2, 0.25) is 0 Å². The Morgan fingerprint density at radius 3 is 1.50 bits per heavy atom. The van der Waals surface area contributed by atoms with E-state index in [-0.39, 0.29) is 3.58 Å². The molecule has 0 radical (unpaired) electrons. The van der Waals surface area contributed by atoms with Gasteiger partial charge >= 0.3 is 0 Å². The number of fused-ring (bicyclic) bond motifs is 1.